The van der Waals surface area contributed by atoms with Crippen LogP contribution in [0.25, 0.3) is 0 Å². The molecule has 1 aromatic rings. The number of rotatable bonds is 3. The van der Waals surface area contributed by atoms with Crippen molar-refractivity contribution in [3.63, 3.8) is 0 Å². The van der Waals surface area contributed by atoms with Crippen molar-refractivity contribution in [2.24, 2.45) is 0 Å². The number of benzene rings is 1. The highest BCUT2D eigenvalue weighted by Gasteiger charge is 2.38. The summed E-state index contributed by atoms with van der Waals surface area (Å²) in [5.74, 6) is 1.08. The van der Waals surface area contributed by atoms with E-state index in [4.69, 9.17) is 31.2 Å². The first-order valence-corrected chi connectivity index (χ1v) is 8.62. The molecule has 0 radical (unpaired) electrons. The van der Waals surface area contributed by atoms with Gasteiger partial charge in [0.2, 0.25) is 0 Å². The number of anilines is 1. The first-order chi connectivity index (χ1) is 11.7. The third kappa shape index (κ3) is 3.74. The molecule has 0 aromatic heterocycles. The average molecular weight is 352 g/mol. The van der Waals surface area contributed by atoms with E-state index in [1.165, 1.54) is 0 Å². The number of hydrogen-bond acceptors (Lipinski definition) is 5. The summed E-state index contributed by atoms with van der Waals surface area (Å²) in [6.07, 6.45) is 2.62. The first kappa shape index (κ1) is 17.3. The standard InChI is InChI=1S/C17H24N2O4S/c1-20-13-4-5-15(21-2)14(12-13)18-16(24)19-8-6-17(7-9-19)22-10-3-11-23-17/h4-5,12H,3,6-11H2,1-2H3,(H,18,24). The highest BCUT2D eigenvalue weighted by Crippen LogP contribution is 2.32. The maximum absolute atomic E-state index is 5.87. The van der Waals surface area contributed by atoms with E-state index in [1.54, 1.807) is 14.2 Å². The molecule has 2 aliphatic heterocycles. The van der Waals surface area contributed by atoms with Crippen molar-refractivity contribution in [3.05, 3.63) is 18.2 Å². The minimum absolute atomic E-state index is 0.405. The van der Waals surface area contributed by atoms with Gasteiger partial charge in [-0.1, -0.05) is 0 Å². The van der Waals surface area contributed by atoms with E-state index < -0.39 is 5.79 Å². The Morgan fingerprint density at radius 3 is 2.50 bits per heavy atom. The topological polar surface area (TPSA) is 52.2 Å². The second kappa shape index (κ2) is 7.55. The summed E-state index contributed by atoms with van der Waals surface area (Å²) in [6.45, 7) is 3.17. The molecule has 1 N–H and O–H groups in total. The van der Waals surface area contributed by atoms with Gasteiger partial charge in [-0.25, -0.2) is 0 Å². The number of ether oxygens (including phenoxy) is 4. The minimum atomic E-state index is -0.405. The van der Waals surface area contributed by atoms with E-state index in [-0.39, 0.29) is 0 Å². The Morgan fingerprint density at radius 1 is 1.17 bits per heavy atom. The van der Waals surface area contributed by atoms with Crippen molar-refractivity contribution < 1.29 is 18.9 Å². The molecule has 3 rings (SSSR count). The van der Waals surface area contributed by atoms with Crippen LogP contribution in [-0.4, -0.2) is 56.3 Å². The SMILES string of the molecule is COc1ccc(OC)c(NC(=S)N2CCC3(CC2)OCCCO3)c1. The molecular formula is C17H24N2O4S. The van der Waals surface area contributed by atoms with Gasteiger partial charge in [0.15, 0.2) is 10.9 Å². The van der Waals surface area contributed by atoms with Crippen LogP contribution in [0, 0.1) is 0 Å². The number of piperidine rings is 1. The molecule has 0 aliphatic carbocycles. The van der Waals surface area contributed by atoms with Gasteiger partial charge in [-0.15, -0.1) is 0 Å². The second-order valence-electron chi connectivity index (χ2n) is 5.94. The maximum atomic E-state index is 5.87. The number of likely N-dealkylation sites (tertiary alicyclic amines) is 1. The van der Waals surface area contributed by atoms with Gasteiger partial charge >= 0.3 is 0 Å². The van der Waals surface area contributed by atoms with Crippen molar-refractivity contribution in [2.45, 2.75) is 25.0 Å². The fraction of sp³-hybridized carbons (Fsp3) is 0.588. The Labute approximate surface area is 148 Å². The van der Waals surface area contributed by atoms with Gasteiger partial charge in [0, 0.05) is 32.0 Å². The predicted molar refractivity (Wildman–Crippen MR) is 95.8 cm³/mol. The van der Waals surface area contributed by atoms with Gasteiger partial charge in [0.25, 0.3) is 0 Å². The highest BCUT2D eigenvalue weighted by atomic mass is 32.1. The number of thiocarbonyl (C=S) groups is 1. The number of nitrogens with one attached hydrogen (secondary N) is 1. The van der Waals surface area contributed by atoms with Gasteiger partial charge in [0.1, 0.15) is 11.5 Å². The Balaban J connectivity index is 1.62. The zero-order valence-electron chi connectivity index (χ0n) is 14.2. The molecule has 2 heterocycles. The summed E-state index contributed by atoms with van der Waals surface area (Å²) in [5, 5.41) is 3.94. The third-order valence-electron chi connectivity index (χ3n) is 4.48. The van der Waals surface area contributed by atoms with E-state index in [1.807, 2.05) is 18.2 Å². The van der Waals surface area contributed by atoms with Crippen molar-refractivity contribution >= 4 is 23.0 Å². The van der Waals surface area contributed by atoms with Crippen molar-refractivity contribution in [1.29, 1.82) is 0 Å². The van der Waals surface area contributed by atoms with Crippen molar-refractivity contribution in [1.82, 2.24) is 4.90 Å². The first-order valence-electron chi connectivity index (χ1n) is 8.22. The van der Waals surface area contributed by atoms with Gasteiger partial charge in [-0.05, 0) is 30.8 Å². The van der Waals surface area contributed by atoms with Crippen LogP contribution in [0.4, 0.5) is 5.69 Å². The summed E-state index contributed by atoms with van der Waals surface area (Å²) in [7, 11) is 3.27. The molecule has 1 aromatic carbocycles. The van der Waals surface area contributed by atoms with Crippen molar-refractivity contribution in [2.75, 3.05) is 45.8 Å². The molecule has 0 bridgehead atoms. The second-order valence-corrected chi connectivity index (χ2v) is 6.33. The summed E-state index contributed by atoms with van der Waals surface area (Å²) in [5.41, 5.74) is 0.798. The summed E-state index contributed by atoms with van der Waals surface area (Å²) in [4.78, 5) is 2.14. The number of nitrogens with zero attached hydrogens (tertiary/aromatic N) is 1. The molecule has 1 spiro atoms. The van der Waals surface area contributed by atoms with Gasteiger partial charge < -0.3 is 29.2 Å². The van der Waals surface area contributed by atoms with E-state index in [0.717, 1.165) is 62.8 Å². The zero-order chi connectivity index (χ0) is 17.0. The smallest absolute Gasteiger partial charge is 0.173 e. The lowest BCUT2D eigenvalue weighted by molar-refractivity contribution is -0.281. The van der Waals surface area contributed by atoms with E-state index in [2.05, 4.69) is 10.2 Å². The van der Waals surface area contributed by atoms with Crippen LogP contribution >= 0.6 is 12.2 Å². The summed E-state index contributed by atoms with van der Waals surface area (Å²) >= 11 is 5.57. The molecule has 132 valence electrons. The van der Waals surface area contributed by atoms with E-state index in [0.29, 0.717) is 5.11 Å². The van der Waals surface area contributed by atoms with Crippen LogP contribution < -0.4 is 14.8 Å². The van der Waals surface area contributed by atoms with Crippen LogP contribution in [0.3, 0.4) is 0 Å². The quantitative estimate of drug-likeness (QED) is 0.839. The van der Waals surface area contributed by atoms with Gasteiger partial charge in [0.05, 0.1) is 33.1 Å². The molecule has 2 aliphatic rings. The normalized spacial score (nSPS) is 19.8. The Kier molecular flexibility index (Phi) is 5.43. The molecule has 6 nitrogen and oxygen atoms in total. The molecule has 0 amide bonds. The molecule has 7 heteroatoms. The monoisotopic (exact) mass is 352 g/mol. The third-order valence-corrected chi connectivity index (χ3v) is 4.84. The Hall–Kier alpha value is -1.57. The molecule has 0 unspecified atom stereocenters. The lowest BCUT2D eigenvalue weighted by Gasteiger charge is -2.44. The number of hydrogen-bond donors (Lipinski definition) is 1. The Morgan fingerprint density at radius 2 is 1.88 bits per heavy atom. The van der Waals surface area contributed by atoms with E-state index >= 15 is 0 Å². The largest absolute Gasteiger partial charge is 0.497 e. The van der Waals surface area contributed by atoms with Crippen LogP contribution in [0.2, 0.25) is 0 Å². The average Bonchev–Trinajstić information content (AvgIpc) is 2.63. The molecule has 0 atom stereocenters. The summed E-state index contributed by atoms with van der Waals surface area (Å²) in [6, 6.07) is 5.60. The van der Waals surface area contributed by atoms with Gasteiger partial charge in [-0.3, -0.25) is 0 Å². The minimum Gasteiger partial charge on any atom is -0.497 e. The maximum Gasteiger partial charge on any atom is 0.173 e. The fourth-order valence-electron chi connectivity index (χ4n) is 3.06. The molecule has 24 heavy (non-hydrogen) atoms. The fourth-order valence-corrected chi connectivity index (χ4v) is 3.35. The lowest BCUT2D eigenvalue weighted by Crippen LogP contribution is -2.52. The van der Waals surface area contributed by atoms with E-state index in [9.17, 15) is 0 Å². The zero-order valence-corrected chi connectivity index (χ0v) is 15.0. The van der Waals surface area contributed by atoms with Crippen LogP contribution in [-0.2, 0) is 9.47 Å². The lowest BCUT2D eigenvalue weighted by atomic mass is 10.0. The molecule has 0 saturated carbocycles. The van der Waals surface area contributed by atoms with Gasteiger partial charge in [-0.2, -0.15) is 0 Å². The van der Waals surface area contributed by atoms with Crippen molar-refractivity contribution in [3.8, 4) is 11.5 Å². The molecule has 2 saturated heterocycles. The predicted octanol–water partition coefficient (Wildman–Crippen LogP) is 2.63. The molecule has 2 fully saturated rings. The highest BCUT2D eigenvalue weighted by molar-refractivity contribution is 7.80. The Bertz CT molecular complexity index is 580. The van der Waals surface area contributed by atoms with Crippen LogP contribution in [0.15, 0.2) is 18.2 Å². The summed E-state index contributed by atoms with van der Waals surface area (Å²) < 4.78 is 22.4. The number of methoxy groups -OCH3 is 2. The molecular weight excluding hydrogens is 328 g/mol. The van der Waals surface area contributed by atoms with Crippen LogP contribution in [0.5, 0.6) is 11.5 Å². The van der Waals surface area contributed by atoms with Crippen LogP contribution in [0.1, 0.15) is 19.3 Å².